The Hall–Kier alpha value is -2.61. The molecule has 8 heteroatoms. The number of carbonyl (C=O) groups is 2. The first-order valence-corrected chi connectivity index (χ1v) is 9.51. The van der Waals surface area contributed by atoms with Gasteiger partial charge in [0.05, 0.1) is 25.0 Å². The number of benzene rings is 1. The molecule has 1 aromatic carbocycles. The Morgan fingerprint density at radius 1 is 1.26 bits per heavy atom. The lowest BCUT2D eigenvalue weighted by atomic mass is 10.2. The first-order valence-electron chi connectivity index (χ1n) is 8.52. The molecule has 2 rings (SSSR count). The second kappa shape index (κ2) is 9.91. The van der Waals surface area contributed by atoms with E-state index in [0.717, 1.165) is 17.3 Å². The molecule has 0 atom stereocenters. The topological polar surface area (TPSA) is 92.4 Å². The van der Waals surface area contributed by atoms with Crippen LogP contribution in [0.5, 0.6) is 0 Å². The van der Waals surface area contributed by atoms with Gasteiger partial charge in [-0.15, -0.1) is 0 Å². The van der Waals surface area contributed by atoms with E-state index in [2.05, 4.69) is 14.7 Å². The maximum atomic E-state index is 12.7. The van der Waals surface area contributed by atoms with Crippen molar-refractivity contribution in [1.29, 1.82) is 0 Å². The Morgan fingerprint density at radius 3 is 2.59 bits per heavy atom. The number of methoxy groups -OCH3 is 1. The first kappa shape index (κ1) is 20.7. The molecule has 0 unspecified atom stereocenters. The third-order valence-electron chi connectivity index (χ3n) is 3.80. The average molecular weight is 389 g/mol. The van der Waals surface area contributed by atoms with Crippen LogP contribution in [0.25, 0.3) is 0 Å². The van der Waals surface area contributed by atoms with Gasteiger partial charge in [0, 0.05) is 18.7 Å². The molecule has 144 valence electrons. The summed E-state index contributed by atoms with van der Waals surface area (Å²) in [5.74, 6) is -0.399. The fourth-order valence-electron chi connectivity index (χ4n) is 2.41. The number of aromatic amines is 1. The molecule has 1 N–H and O–H groups in total. The number of rotatable bonds is 8. The number of hydrogen-bond acceptors (Lipinski definition) is 6. The molecule has 1 heterocycles. The Kier molecular flexibility index (Phi) is 7.60. The van der Waals surface area contributed by atoms with Crippen LogP contribution in [0.4, 0.5) is 0 Å². The number of hydrogen-bond donors (Lipinski definition) is 1. The minimum absolute atomic E-state index is 0.0379. The van der Waals surface area contributed by atoms with Crippen LogP contribution in [0, 0.1) is 0 Å². The predicted octanol–water partition coefficient (Wildman–Crippen LogP) is 2.01. The van der Waals surface area contributed by atoms with E-state index in [-0.39, 0.29) is 29.7 Å². The number of esters is 1. The van der Waals surface area contributed by atoms with Crippen LogP contribution in [-0.4, -0.2) is 45.6 Å². The van der Waals surface area contributed by atoms with Crippen molar-refractivity contribution < 1.29 is 14.3 Å². The van der Waals surface area contributed by atoms with E-state index >= 15 is 0 Å². The fraction of sp³-hybridized carbons (Fsp3) is 0.368. The summed E-state index contributed by atoms with van der Waals surface area (Å²) in [4.78, 5) is 44.4. The van der Waals surface area contributed by atoms with Crippen molar-refractivity contribution in [1.82, 2.24) is 14.9 Å². The van der Waals surface area contributed by atoms with Gasteiger partial charge in [0.1, 0.15) is 0 Å². The highest BCUT2D eigenvalue weighted by atomic mass is 32.2. The third kappa shape index (κ3) is 6.56. The number of ether oxygens (including phenoxy) is 1. The number of H-pyrrole nitrogens is 1. The zero-order valence-corrected chi connectivity index (χ0v) is 16.4. The minimum atomic E-state index is -0.478. The predicted molar refractivity (Wildman–Crippen MR) is 103 cm³/mol. The molecule has 1 amide bonds. The molecule has 0 aliphatic carbocycles. The van der Waals surface area contributed by atoms with Crippen LogP contribution < -0.4 is 5.56 Å². The standard InChI is InChI=1S/C19H23N3O4S/c1-13(2)22(11-14-7-5-4-6-8-14)17(24)12-27-19-20-15(9-16(23)21-19)10-18(25)26-3/h4-9,13H,10-12H2,1-3H3,(H,20,21,23). The third-order valence-corrected chi connectivity index (χ3v) is 4.66. The Balaban J connectivity index is 2.04. The van der Waals surface area contributed by atoms with Crippen molar-refractivity contribution in [3.05, 3.63) is 58.0 Å². The highest BCUT2D eigenvalue weighted by Crippen LogP contribution is 2.16. The molecule has 0 fully saturated rings. The highest BCUT2D eigenvalue weighted by Gasteiger charge is 2.18. The van der Waals surface area contributed by atoms with Crippen LogP contribution in [0.1, 0.15) is 25.1 Å². The SMILES string of the molecule is COC(=O)Cc1cc(=O)[nH]c(SCC(=O)N(Cc2ccccc2)C(C)C)n1. The van der Waals surface area contributed by atoms with Gasteiger partial charge in [-0.3, -0.25) is 14.4 Å². The number of nitrogens with one attached hydrogen (secondary N) is 1. The lowest BCUT2D eigenvalue weighted by Gasteiger charge is -2.26. The Morgan fingerprint density at radius 2 is 1.96 bits per heavy atom. The van der Waals surface area contributed by atoms with Crippen LogP contribution in [0.3, 0.4) is 0 Å². The Labute approximate surface area is 162 Å². The van der Waals surface area contributed by atoms with Gasteiger partial charge in [-0.2, -0.15) is 0 Å². The normalized spacial score (nSPS) is 10.7. The first-order chi connectivity index (χ1) is 12.9. The van der Waals surface area contributed by atoms with Crippen molar-refractivity contribution in [3.63, 3.8) is 0 Å². The molecule has 2 aromatic rings. The largest absolute Gasteiger partial charge is 0.469 e. The number of carbonyl (C=O) groups excluding carboxylic acids is 2. The second-order valence-corrected chi connectivity index (χ2v) is 7.15. The fourth-order valence-corrected chi connectivity index (χ4v) is 3.19. The summed E-state index contributed by atoms with van der Waals surface area (Å²) in [6, 6.07) is 11.1. The van der Waals surface area contributed by atoms with Crippen molar-refractivity contribution >= 4 is 23.6 Å². The Bertz CT molecular complexity index is 836. The zero-order valence-electron chi connectivity index (χ0n) is 15.6. The maximum Gasteiger partial charge on any atom is 0.311 e. The van der Waals surface area contributed by atoms with Gasteiger partial charge in [-0.05, 0) is 19.4 Å². The van der Waals surface area contributed by atoms with Crippen molar-refractivity contribution in [3.8, 4) is 0 Å². The van der Waals surface area contributed by atoms with Crippen molar-refractivity contribution in [2.45, 2.75) is 38.0 Å². The van der Waals surface area contributed by atoms with Gasteiger partial charge in [-0.1, -0.05) is 42.1 Å². The quantitative estimate of drug-likeness (QED) is 0.422. The van der Waals surface area contributed by atoms with E-state index < -0.39 is 5.97 Å². The van der Waals surface area contributed by atoms with Crippen LogP contribution >= 0.6 is 11.8 Å². The van der Waals surface area contributed by atoms with Gasteiger partial charge < -0.3 is 14.6 Å². The second-order valence-electron chi connectivity index (χ2n) is 6.18. The summed E-state index contributed by atoms with van der Waals surface area (Å²) >= 11 is 1.14. The van der Waals surface area contributed by atoms with Crippen LogP contribution in [-0.2, 0) is 27.3 Å². The van der Waals surface area contributed by atoms with Gasteiger partial charge in [0.15, 0.2) is 5.16 Å². The molecule has 7 nitrogen and oxygen atoms in total. The van der Waals surface area contributed by atoms with E-state index in [0.29, 0.717) is 17.4 Å². The summed E-state index contributed by atoms with van der Waals surface area (Å²) in [6.45, 7) is 4.44. The summed E-state index contributed by atoms with van der Waals surface area (Å²) < 4.78 is 4.59. The highest BCUT2D eigenvalue weighted by molar-refractivity contribution is 7.99. The number of aromatic nitrogens is 2. The molecule has 0 radical (unpaired) electrons. The lowest BCUT2D eigenvalue weighted by Crippen LogP contribution is -2.37. The van der Waals surface area contributed by atoms with E-state index in [4.69, 9.17) is 0 Å². The van der Waals surface area contributed by atoms with E-state index in [1.807, 2.05) is 44.2 Å². The molecule has 0 spiro atoms. The molecule has 0 bridgehead atoms. The number of thioether (sulfide) groups is 1. The van der Waals surface area contributed by atoms with Gasteiger partial charge in [0.25, 0.3) is 5.56 Å². The average Bonchev–Trinajstić information content (AvgIpc) is 2.64. The van der Waals surface area contributed by atoms with E-state index in [1.54, 1.807) is 4.90 Å². The molecular weight excluding hydrogens is 366 g/mol. The zero-order chi connectivity index (χ0) is 19.8. The molecule has 0 aliphatic rings. The molecule has 0 aliphatic heterocycles. The van der Waals surface area contributed by atoms with Gasteiger partial charge in [-0.25, -0.2) is 4.98 Å². The molecule has 1 aromatic heterocycles. The lowest BCUT2D eigenvalue weighted by molar-refractivity contribution is -0.139. The van der Waals surface area contributed by atoms with Crippen molar-refractivity contribution in [2.24, 2.45) is 0 Å². The van der Waals surface area contributed by atoms with Crippen molar-refractivity contribution in [2.75, 3.05) is 12.9 Å². The molecule has 0 saturated carbocycles. The monoisotopic (exact) mass is 389 g/mol. The van der Waals surface area contributed by atoms with Gasteiger partial charge in [0.2, 0.25) is 5.91 Å². The molecule has 27 heavy (non-hydrogen) atoms. The minimum Gasteiger partial charge on any atom is -0.469 e. The molecular formula is C19H23N3O4S. The van der Waals surface area contributed by atoms with E-state index in [1.165, 1.54) is 13.2 Å². The summed E-state index contributed by atoms with van der Waals surface area (Å²) in [6.07, 6.45) is -0.0892. The number of amides is 1. The van der Waals surface area contributed by atoms with Crippen LogP contribution in [0.2, 0.25) is 0 Å². The summed E-state index contributed by atoms with van der Waals surface area (Å²) in [5.41, 5.74) is 0.991. The summed E-state index contributed by atoms with van der Waals surface area (Å²) in [7, 11) is 1.27. The smallest absolute Gasteiger partial charge is 0.311 e. The van der Waals surface area contributed by atoms with E-state index in [9.17, 15) is 14.4 Å². The van der Waals surface area contributed by atoms with Crippen LogP contribution in [0.15, 0.2) is 46.3 Å². The number of nitrogens with zero attached hydrogens (tertiary/aromatic N) is 2. The summed E-state index contributed by atoms with van der Waals surface area (Å²) in [5, 5.41) is 0.304. The molecule has 0 saturated heterocycles. The maximum absolute atomic E-state index is 12.7. The van der Waals surface area contributed by atoms with Gasteiger partial charge >= 0.3 is 5.97 Å².